The number of imidazole rings is 1. The molecule has 0 fully saturated rings. The number of hydrogen-bond donors (Lipinski definition) is 0. The molecule has 0 aliphatic heterocycles. The number of nitrogens with zero attached hydrogens (tertiary/aromatic N) is 3. The van der Waals surface area contributed by atoms with E-state index in [4.69, 9.17) is 4.74 Å². The molecule has 2 heterocycles. The van der Waals surface area contributed by atoms with Gasteiger partial charge >= 0.3 is 0 Å². The van der Waals surface area contributed by atoms with E-state index in [1.807, 2.05) is 60.0 Å². The SMILES string of the molecule is Cc1ccc2ncc(C(=O)N(C)CCOCc3ccccc3)n2c1. The summed E-state index contributed by atoms with van der Waals surface area (Å²) in [5, 5.41) is 0. The molecule has 0 bridgehead atoms. The van der Waals surface area contributed by atoms with Gasteiger partial charge in [-0.3, -0.25) is 9.20 Å². The van der Waals surface area contributed by atoms with Crippen LogP contribution in [0.3, 0.4) is 0 Å². The summed E-state index contributed by atoms with van der Waals surface area (Å²) in [4.78, 5) is 18.6. The molecule has 2 aromatic heterocycles. The minimum Gasteiger partial charge on any atom is -0.375 e. The van der Waals surface area contributed by atoms with Gasteiger partial charge in [0.15, 0.2) is 0 Å². The number of carbonyl (C=O) groups excluding carboxylic acids is 1. The Labute approximate surface area is 141 Å². The van der Waals surface area contributed by atoms with Gasteiger partial charge in [0.2, 0.25) is 0 Å². The molecule has 0 atom stereocenters. The molecule has 24 heavy (non-hydrogen) atoms. The van der Waals surface area contributed by atoms with Crippen LogP contribution in [-0.2, 0) is 11.3 Å². The van der Waals surface area contributed by atoms with E-state index >= 15 is 0 Å². The second-order valence-electron chi connectivity index (χ2n) is 5.84. The number of fused-ring (bicyclic) bond motifs is 1. The van der Waals surface area contributed by atoms with Crippen molar-refractivity contribution < 1.29 is 9.53 Å². The summed E-state index contributed by atoms with van der Waals surface area (Å²) in [7, 11) is 1.78. The number of pyridine rings is 1. The molecular weight excluding hydrogens is 302 g/mol. The van der Waals surface area contributed by atoms with Crippen molar-refractivity contribution in [3.05, 3.63) is 71.7 Å². The summed E-state index contributed by atoms with van der Waals surface area (Å²) in [5.41, 5.74) is 3.56. The minimum absolute atomic E-state index is 0.0589. The van der Waals surface area contributed by atoms with E-state index in [-0.39, 0.29) is 5.91 Å². The number of likely N-dealkylation sites (N-methyl/N-ethyl adjacent to an activating group) is 1. The Hall–Kier alpha value is -2.66. The Morgan fingerprint density at radius 3 is 2.79 bits per heavy atom. The van der Waals surface area contributed by atoms with Crippen molar-refractivity contribution in [3.63, 3.8) is 0 Å². The van der Waals surface area contributed by atoms with E-state index in [1.54, 1.807) is 18.1 Å². The van der Waals surface area contributed by atoms with Crippen LogP contribution < -0.4 is 0 Å². The van der Waals surface area contributed by atoms with E-state index < -0.39 is 0 Å². The largest absolute Gasteiger partial charge is 0.375 e. The lowest BCUT2D eigenvalue weighted by Crippen LogP contribution is -2.31. The van der Waals surface area contributed by atoms with Gasteiger partial charge in [-0.1, -0.05) is 36.4 Å². The zero-order valence-electron chi connectivity index (χ0n) is 14.0. The van der Waals surface area contributed by atoms with Gasteiger partial charge in [-0.2, -0.15) is 0 Å². The zero-order valence-corrected chi connectivity index (χ0v) is 14.0. The fraction of sp³-hybridized carbons (Fsp3) is 0.263. The van der Waals surface area contributed by atoms with Crippen molar-refractivity contribution in [2.45, 2.75) is 13.5 Å². The average molecular weight is 323 g/mol. The van der Waals surface area contributed by atoms with Gasteiger partial charge in [0.05, 0.1) is 19.4 Å². The maximum absolute atomic E-state index is 12.6. The number of rotatable bonds is 6. The molecular formula is C19H21N3O2. The van der Waals surface area contributed by atoms with Crippen LogP contribution in [-0.4, -0.2) is 40.4 Å². The second kappa shape index (κ2) is 7.27. The lowest BCUT2D eigenvalue weighted by atomic mass is 10.2. The van der Waals surface area contributed by atoms with Crippen molar-refractivity contribution in [2.24, 2.45) is 0 Å². The van der Waals surface area contributed by atoms with Crippen molar-refractivity contribution in [2.75, 3.05) is 20.2 Å². The minimum atomic E-state index is -0.0589. The third kappa shape index (κ3) is 3.63. The van der Waals surface area contributed by atoms with Crippen molar-refractivity contribution in [1.29, 1.82) is 0 Å². The van der Waals surface area contributed by atoms with Crippen LogP contribution in [0.4, 0.5) is 0 Å². The van der Waals surface area contributed by atoms with E-state index in [0.29, 0.717) is 25.5 Å². The maximum Gasteiger partial charge on any atom is 0.272 e. The first-order chi connectivity index (χ1) is 11.6. The van der Waals surface area contributed by atoms with Crippen molar-refractivity contribution in [3.8, 4) is 0 Å². The predicted octanol–water partition coefficient (Wildman–Crippen LogP) is 2.93. The Bertz CT molecular complexity index is 827. The molecule has 3 rings (SSSR count). The summed E-state index contributed by atoms with van der Waals surface area (Å²) in [6.07, 6.45) is 3.55. The van der Waals surface area contributed by atoms with E-state index in [2.05, 4.69) is 4.98 Å². The lowest BCUT2D eigenvalue weighted by Gasteiger charge is -2.17. The summed E-state index contributed by atoms with van der Waals surface area (Å²) in [5.74, 6) is -0.0589. The highest BCUT2D eigenvalue weighted by molar-refractivity contribution is 5.93. The normalized spacial score (nSPS) is 10.9. The molecule has 0 spiro atoms. The molecule has 1 aromatic carbocycles. The highest BCUT2D eigenvalue weighted by Crippen LogP contribution is 2.10. The zero-order chi connectivity index (χ0) is 16.9. The molecule has 0 aliphatic carbocycles. The van der Waals surface area contributed by atoms with Gasteiger partial charge in [0.25, 0.3) is 5.91 Å². The van der Waals surface area contributed by atoms with Crippen LogP contribution >= 0.6 is 0 Å². The summed E-state index contributed by atoms with van der Waals surface area (Å²) < 4.78 is 7.48. The molecule has 0 saturated carbocycles. The number of amides is 1. The molecule has 3 aromatic rings. The smallest absolute Gasteiger partial charge is 0.272 e. The first kappa shape index (κ1) is 16.2. The molecule has 0 N–H and O–H groups in total. The number of hydrogen-bond acceptors (Lipinski definition) is 3. The van der Waals surface area contributed by atoms with Crippen LogP contribution in [0.15, 0.2) is 54.9 Å². The summed E-state index contributed by atoms with van der Waals surface area (Å²) in [6, 6.07) is 13.9. The first-order valence-corrected chi connectivity index (χ1v) is 7.96. The highest BCUT2D eigenvalue weighted by Gasteiger charge is 2.16. The fourth-order valence-corrected chi connectivity index (χ4v) is 2.51. The fourth-order valence-electron chi connectivity index (χ4n) is 2.51. The summed E-state index contributed by atoms with van der Waals surface area (Å²) >= 11 is 0. The number of aryl methyl sites for hydroxylation is 1. The van der Waals surface area contributed by atoms with Crippen molar-refractivity contribution in [1.82, 2.24) is 14.3 Å². The molecule has 0 unspecified atom stereocenters. The molecule has 0 aliphatic rings. The highest BCUT2D eigenvalue weighted by atomic mass is 16.5. The molecule has 5 nitrogen and oxygen atoms in total. The van der Waals surface area contributed by atoms with E-state index in [0.717, 1.165) is 16.8 Å². The Morgan fingerprint density at radius 1 is 1.21 bits per heavy atom. The Kier molecular flexibility index (Phi) is 4.91. The average Bonchev–Trinajstić information content (AvgIpc) is 3.01. The van der Waals surface area contributed by atoms with Gasteiger partial charge in [0.1, 0.15) is 11.3 Å². The molecule has 0 radical (unpaired) electrons. The molecule has 0 saturated heterocycles. The number of carbonyl (C=O) groups is 1. The van der Waals surface area contributed by atoms with Crippen LogP contribution in [0.25, 0.3) is 5.65 Å². The lowest BCUT2D eigenvalue weighted by molar-refractivity contribution is 0.0665. The standard InChI is InChI=1S/C19H21N3O2/c1-15-8-9-18-20-12-17(22(18)13-15)19(23)21(2)10-11-24-14-16-6-4-3-5-7-16/h3-9,12-13H,10-11,14H2,1-2H3. The van der Waals surface area contributed by atoms with Gasteiger partial charge < -0.3 is 9.64 Å². The van der Waals surface area contributed by atoms with Crippen LogP contribution in [0.2, 0.25) is 0 Å². The Morgan fingerprint density at radius 2 is 2.00 bits per heavy atom. The Balaban J connectivity index is 1.57. The number of aromatic nitrogens is 2. The van der Waals surface area contributed by atoms with E-state index in [9.17, 15) is 4.79 Å². The number of benzene rings is 1. The van der Waals surface area contributed by atoms with Gasteiger partial charge in [-0.15, -0.1) is 0 Å². The topological polar surface area (TPSA) is 46.8 Å². The maximum atomic E-state index is 12.6. The van der Waals surface area contributed by atoms with E-state index in [1.165, 1.54) is 0 Å². The first-order valence-electron chi connectivity index (χ1n) is 7.96. The van der Waals surface area contributed by atoms with Crippen LogP contribution in [0, 0.1) is 6.92 Å². The molecule has 5 heteroatoms. The molecule has 124 valence electrons. The van der Waals surface area contributed by atoms with Crippen molar-refractivity contribution >= 4 is 11.6 Å². The van der Waals surface area contributed by atoms with Crippen LogP contribution in [0.1, 0.15) is 21.6 Å². The summed E-state index contributed by atoms with van der Waals surface area (Å²) in [6.45, 7) is 3.57. The van der Waals surface area contributed by atoms with Gasteiger partial charge in [0, 0.05) is 19.8 Å². The third-order valence-electron chi connectivity index (χ3n) is 3.90. The van der Waals surface area contributed by atoms with Gasteiger partial charge in [-0.05, 0) is 24.1 Å². The quantitative estimate of drug-likeness (QED) is 0.655. The predicted molar refractivity (Wildman–Crippen MR) is 93.0 cm³/mol. The third-order valence-corrected chi connectivity index (χ3v) is 3.90. The monoisotopic (exact) mass is 323 g/mol. The van der Waals surface area contributed by atoms with Gasteiger partial charge in [-0.25, -0.2) is 4.98 Å². The van der Waals surface area contributed by atoms with Crippen LogP contribution in [0.5, 0.6) is 0 Å². The number of ether oxygens (including phenoxy) is 1. The molecule has 1 amide bonds. The second-order valence-corrected chi connectivity index (χ2v) is 5.84.